The fraction of sp³-hybridized carbons (Fsp3) is 0.429. The largest absolute Gasteiger partial charge is 0.508 e. The minimum atomic E-state index is -3.04. The number of nitrogens with one attached hydrogen (secondary N) is 2. The number of hydrogen-bond donors (Lipinski definition) is 8. The van der Waals surface area contributed by atoms with Crippen molar-refractivity contribution in [2.75, 3.05) is 26.0 Å². The lowest BCUT2D eigenvalue weighted by Gasteiger charge is -2.52. The van der Waals surface area contributed by atoms with Gasteiger partial charge < -0.3 is 41.9 Å². The Kier molecular flexibility index (Phi) is 7.16. The standard InChI is InChI=1S/C28H34N4O9/c1-10-11-7-8-12(31-13(33)9-30-27(2,3)4)20(34)15(11)21(35)16-14(10)22(36)18-19(32(5)6)23(37)17(26(29)40)25(39)28(18,41)24(16)38/h7-8,14,18-19,22,30,34-36,39,41H,1,9H2,2-6H3,(H2,29,40)(H,31,33)/t14-,18-,19+,22+,28+/m1/s1. The summed E-state index contributed by atoms with van der Waals surface area (Å²) in [6.07, 6.45) is -1.78. The molecule has 0 aliphatic heterocycles. The number of rotatable bonds is 5. The second kappa shape index (κ2) is 9.80. The quantitative estimate of drug-likeness (QED) is 0.170. The van der Waals surface area contributed by atoms with Crippen LogP contribution in [0.3, 0.4) is 0 Å². The van der Waals surface area contributed by atoms with E-state index in [1.54, 1.807) is 0 Å². The molecule has 0 unspecified atom stereocenters. The van der Waals surface area contributed by atoms with Gasteiger partial charge in [-0.2, -0.15) is 0 Å². The molecule has 3 aliphatic carbocycles. The number of phenolic OH excluding ortho intramolecular Hbond substituents is 1. The zero-order valence-corrected chi connectivity index (χ0v) is 23.3. The van der Waals surface area contributed by atoms with E-state index in [0.717, 1.165) is 0 Å². The first-order valence-electron chi connectivity index (χ1n) is 12.8. The van der Waals surface area contributed by atoms with Crippen LogP contribution in [0.1, 0.15) is 31.9 Å². The molecule has 41 heavy (non-hydrogen) atoms. The van der Waals surface area contributed by atoms with Crippen molar-refractivity contribution >= 4 is 40.4 Å². The molecule has 0 spiro atoms. The van der Waals surface area contributed by atoms with Crippen molar-refractivity contribution in [1.82, 2.24) is 10.2 Å². The number of amides is 2. The highest BCUT2D eigenvalue weighted by Crippen LogP contribution is 2.56. The lowest BCUT2D eigenvalue weighted by atomic mass is 9.55. The average molecular weight is 571 g/mol. The zero-order valence-electron chi connectivity index (χ0n) is 23.3. The predicted molar refractivity (Wildman–Crippen MR) is 147 cm³/mol. The molecule has 0 aromatic heterocycles. The van der Waals surface area contributed by atoms with Gasteiger partial charge in [0.15, 0.2) is 17.1 Å². The number of primary amides is 1. The fourth-order valence-corrected chi connectivity index (χ4v) is 5.89. The summed E-state index contributed by atoms with van der Waals surface area (Å²) in [6.45, 7) is 9.45. The average Bonchev–Trinajstić information content (AvgIpc) is 2.85. The van der Waals surface area contributed by atoms with E-state index in [4.69, 9.17) is 5.73 Å². The number of fused-ring (bicyclic) bond motifs is 3. The first kappa shape index (κ1) is 29.9. The normalized spacial score (nSPS) is 28.0. The number of ketones is 2. The second-order valence-electron chi connectivity index (χ2n) is 11.8. The SMILES string of the molecule is C=C1c2ccc(NC(=O)CNC(C)(C)C)c(O)c2C(O)=C2C(=O)[C@]3(O)C(O)=C(C(N)=O)C(=O)[C@@H](N(C)C)[C@@H]3[C@@H](O)[C@H]12. The van der Waals surface area contributed by atoms with Gasteiger partial charge in [-0.05, 0) is 52.1 Å². The van der Waals surface area contributed by atoms with Gasteiger partial charge in [0.1, 0.15) is 17.1 Å². The molecule has 0 heterocycles. The zero-order chi connectivity index (χ0) is 30.9. The van der Waals surface area contributed by atoms with E-state index in [2.05, 4.69) is 17.2 Å². The van der Waals surface area contributed by atoms with Crippen LogP contribution in [0.2, 0.25) is 0 Å². The van der Waals surface area contributed by atoms with E-state index in [9.17, 15) is 44.7 Å². The number of aliphatic hydroxyl groups excluding tert-OH is 3. The van der Waals surface area contributed by atoms with Gasteiger partial charge in [0.25, 0.3) is 5.91 Å². The summed E-state index contributed by atoms with van der Waals surface area (Å²) in [6, 6.07) is 1.32. The lowest BCUT2D eigenvalue weighted by Crippen LogP contribution is -2.70. The van der Waals surface area contributed by atoms with Crippen molar-refractivity contribution in [1.29, 1.82) is 0 Å². The molecule has 9 N–H and O–H groups in total. The fourth-order valence-electron chi connectivity index (χ4n) is 5.89. The second-order valence-corrected chi connectivity index (χ2v) is 11.8. The highest BCUT2D eigenvalue weighted by Gasteiger charge is 2.68. The lowest BCUT2D eigenvalue weighted by molar-refractivity contribution is -0.166. The minimum Gasteiger partial charge on any atom is -0.508 e. The maximum atomic E-state index is 14.0. The number of benzene rings is 1. The maximum Gasteiger partial charge on any atom is 0.255 e. The third-order valence-corrected chi connectivity index (χ3v) is 7.79. The van der Waals surface area contributed by atoms with Crippen molar-refractivity contribution in [2.24, 2.45) is 17.6 Å². The van der Waals surface area contributed by atoms with Gasteiger partial charge in [0, 0.05) is 11.5 Å². The Bertz CT molecular complexity index is 1470. The van der Waals surface area contributed by atoms with E-state index >= 15 is 0 Å². The van der Waals surface area contributed by atoms with Crippen LogP contribution in [0.4, 0.5) is 5.69 Å². The van der Waals surface area contributed by atoms with Gasteiger partial charge >= 0.3 is 0 Å². The summed E-state index contributed by atoms with van der Waals surface area (Å²) in [5.74, 6) is -10.1. The van der Waals surface area contributed by atoms with Crippen molar-refractivity contribution in [3.05, 3.63) is 46.7 Å². The van der Waals surface area contributed by atoms with E-state index < -0.39 is 81.4 Å². The van der Waals surface area contributed by atoms with Crippen molar-refractivity contribution < 1.29 is 44.7 Å². The molecule has 0 radical (unpaired) electrons. The molecule has 3 aliphatic rings. The van der Waals surface area contributed by atoms with Crippen LogP contribution in [-0.2, 0) is 19.2 Å². The van der Waals surface area contributed by atoms with Crippen molar-refractivity contribution in [3.63, 3.8) is 0 Å². The van der Waals surface area contributed by atoms with Crippen LogP contribution in [0.15, 0.2) is 35.6 Å². The number of carbonyl (C=O) groups is 4. The van der Waals surface area contributed by atoms with Crippen LogP contribution < -0.4 is 16.4 Å². The van der Waals surface area contributed by atoms with E-state index in [1.165, 1.54) is 31.1 Å². The van der Waals surface area contributed by atoms with Gasteiger partial charge in [0.2, 0.25) is 11.7 Å². The molecular weight excluding hydrogens is 536 g/mol. The Hall–Kier alpha value is -4.04. The van der Waals surface area contributed by atoms with E-state index in [-0.39, 0.29) is 34.5 Å². The first-order valence-corrected chi connectivity index (χ1v) is 12.8. The molecule has 0 saturated heterocycles. The molecule has 13 heteroatoms. The number of carbonyl (C=O) groups excluding carboxylic acids is 4. The molecule has 1 aromatic rings. The molecule has 220 valence electrons. The van der Waals surface area contributed by atoms with Gasteiger partial charge in [-0.15, -0.1) is 0 Å². The highest BCUT2D eigenvalue weighted by atomic mass is 16.4. The summed E-state index contributed by atoms with van der Waals surface area (Å²) in [7, 11) is 2.83. The number of nitrogens with zero attached hydrogens (tertiary/aromatic N) is 1. The third-order valence-electron chi connectivity index (χ3n) is 7.79. The van der Waals surface area contributed by atoms with Crippen LogP contribution >= 0.6 is 0 Å². The predicted octanol–water partition coefficient (Wildman–Crippen LogP) is -0.268. The summed E-state index contributed by atoms with van der Waals surface area (Å²) in [5.41, 5.74) is 0.0859. The Morgan fingerprint density at radius 3 is 2.29 bits per heavy atom. The van der Waals surface area contributed by atoms with Gasteiger partial charge in [0.05, 0.1) is 41.4 Å². The summed E-state index contributed by atoms with van der Waals surface area (Å²) >= 11 is 0. The van der Waals surface area contributed by atoms with Crippen LogP contribution in [0, 0.1) is 11.8 Å². The molecule has 0 bridgehead atoms. The first-order chi connectivity index (χ1) is 18.9. The number of anilines is 1. The molecular formula is C28H34N4O9. The number of aliphatic hydroxyl groups is 4. The number of hydrogen-bond acceptors (Lipinski definition) is 11. The Morgan fingerprint density at radius 2 is 1.76 bits per heavy atom. The van der Waals surface area contributed by atoms with Gasteiger partial charge in [-0.1, -0.05) is 12.6 Å². The van der Waals surface area contributed by atoms with Crippen LogP contribution in [0.5, 0.6) is 5.75 Å². The summed E-state index contributed by atoms with van der Waals surface area (Å²) < 4.78 is 0. The molecule has 1 fully saturated rings. The number of aromatic hydroxyl groups is 1. The Balaban J connectivity index is 1.89. The van der Waals surface area contributed by atoms with Crippen LogP contribution in [0.25, 0.3) is 11.3 Å². The molecule has 2 amide bonds. The number of nitrogens with two attached hydrogens (primary N) is 1. The third kappa shape index (κ3) is 4.41. The Labute approximate surface area is 235 Å². The maximum absolute atomic E-state index is 14.0. The number of likely N-dealkylation sites (N-methyl/N-ethyl adjacent to an activating group) is 1. The van der Waals surface area contributed by atoms with Gasteiger partial charge in [-0.3, -0.25) is 24.1 Å². The molecule has 1 saturated carbocycles. The Morgan fingerprint density at radius 1 is 1.15 bits per heavy atom. The van der Waals surface area contributed by atoms with Crippen LogP contribution in [-0.4, -0.2) is 97.7 Å². The van der Waals surface area contributed by atoms with E-state index in [0.29, 0.717) is 0 Å². The highest BCUT2D eigenvalue weighted by molar-refractivity contribution is 6.25. The molecule has 5 atom stereocenters. The smallest absolute Gasteiger partial charge is 0.255 e. The van der Waals surface area contributed by atoms with Gasteiger partial charge in [-0.25, -0.2) is 0 Å². The van der Waals surface area contributed by atoms with Crippen molar-refractivity contribution in [3.8, 4) is 5.75 Å². The van der Waals surface area contributed by atoms with Crippen molar-refractivity contribution in [2.45, 2.75) is 44.1 Å². The number of phenols is 1. The van der Waals surface area contributed by atoms with E-state index in [1.807, 2.05) is 20.8 Å². The molecule has 1 aromatic carbocycles. The molecule has 13 nitrogen and oxygen atoms in total. The summed E-state index contributed by atoms with van der Waals surface area (Å²) in [4.78, 5) is 53.0. The monoisotopic (exact) mass is 570 g/mol. The number of Topliss-reactive ketones (excluding diaryl/α,β-unsaturated/α-hetero) is 2. The minimum absolute atomic E-state index is 0.0624. The topological polar surface area (TPSA) is 223 Å². The molecule has 4 rings (SSSR count). The summed E-state index contributed by atoms with van der Waals surface area (Å²) in [5, 5.41) is 62.1.